The van der Waals surface area contributed by atoms with E-state index in [9.17, 15) is 14.4 Å². The molecule has 3 aromatic rings. The summed E-state index contributed by atoms with van der Waals surface area (Å²) in [7, 11) is 0. The highest BCUT2D eigenvalue weighted by atomic mass is 32.2. The maximum atomic E-state index is 14.0. The number of hydrogen-bond acceptors (Lipinski definition) is 6. The third kappa shape index (κ3) is 9.08. The summed E-state index contributed by atoms with van der Waals surface area (Å²) in [5, 5.41) is 3.19. The van der Waals surface area contributed by atoms with Crippen LogP contribution in [-0.2, 0) is 14.4 Å². The van der Waals surface area contributed by atoms with E-state index in [1.54, 1.807) is 55.5 Å². The first-order valence-corrected chi connectivity index (χ1v) is 16.1. The molecule has 3 amide bonds. The molecule has 4 rings (SSSR count). The smallest absolute Gasteiger partial charge is 0.285 e. The number of benzene rings is 3. The van der Waals surface area contributed by atoms with Gasteiger partial charge in [-0.2, -0.15) is 4.99 Å². The molecule has 1 aliphatic rings. The first-order chi connectivity index (χ1) is 22.9. The van der Waals surface area contributed by atoms with Crippen LogP contribution in [0.3, 0.4) is 0 Å². The summed E-state index contributed by atoms with van der Waals surface area (Å²) in [6.07, 6.45) is 9.77. The van der Waals surface area contributed by atoms with Crippen LogP contribution in [-0.4, -0.2) is 46.8 Å². The molecular weight excluding hydrogens is 611 g/mol. The first kappa shape index (κ1) is 34.5. The van der Waals surface area contributed by atoms with Crippen molar-refractivity contribution in [3.8, 4) is 11.5 Å². The van der Waals surface area contributed by atoms with Gasteiger partial charge in [-0.15, -0.1) is 0 Å². The summed E-state index contributed by atoms with van der Waals surface area (Å²) in [5.41, 5.74) is 2.73. The molecular formula is C38H37N3O5S. The number of thioether (sulfide) groups is 1. The average molecular weight is 648 g/mol. The molecule has 1 heterocycles. The molecule has 0 radical (unpaired) electrons. The lowest BCUT2D eigenvalue weighted by atomic mass is 9.99. The second kappa shape index (κ2) is 17.3. The molecule has 9 heteroatoms. The van der Waals surface area contributed by atoms with Crippen LogP contribution >= 0.6 is 11.8 Å². The molecule has 240 valence electrons. The van der Waals surface area contributed by atoms with Crippen molar-refractivity contribution in [2.75, 3.05) is 19.0 Å². The number of allylic oxidation sites excluding steroid dienone is 4. The molecule has 0 spiro atoms. The van der Waals surface area contributed by atoms with E-state index in [2.05, 4.69) is 23.5 Å². The van der Waals surface area contributed by atoms with E-state index in [0.29, 0.717) is 36.0 Å². The fourth-order valence-electron chi connectivity index (χ4n) is 4.71. The Bertz CT molecular complexity index is 1690. The molecule has 0 unspecified atom stereocenters. The van der Waals surface area contributed by atoms with Gasteiger partial charge in [0.15, 0.2) is 16.7 Å². The third-order valence-corrected chi connectivity index (χ3v) is 7.79. The standard InChI is InChI=1S/C38H37N3O5S/c1-5-9-20-30(7-3)41-37(44)31(24-27-21-22-32(46-23-6-2)33(25-27)45-8-4)36(43)40-38(41)47-26-34(42)39-35(28-16-12-10-13-17-28)29-18-14-11-15-19-29/h5-7,9-22,24-25,35H,1-2,8,23,26H2,3-4H3,(H,39,42)/b20-9-,30-7+,31-24+. The SMILES string of the molecule is C=C/C=C\C(=C/C)N1C(=O)/C(=C/c2ccc(OCC=C)c(OCC)c2)C(=O)N=C1SCC(=O)NC(c1ccccc1)c1ccccc1. The minimum atomic E-state index is -0.714. The van der Waals surface area contributed by atoms with Crippen LogP contribution in [0.25, 0.3) is 6.08 Å². The minimum Gasteiger partial charge on any atom is -0.490 e. The molecule has 0 saturated heterocycles. The lowest BCUT2D eigenvalue weighted by molar-refractivity contribution is -0.126. The second-order valence-electron chi connectivity index (χ2n) is 10.1. The van der Waals surface area contributed by atoms with Crippen molar-refractivity contribution in [2.45, 2.75) is 19.9 Å². The number of aliphatic imine (C=N–C) groups is 1. The van der Waals surface area contributed by atoms with Gasteiger partial charge in [0.1, 0.15) is 12.2 Å². The summed E-state index contributed by atoms with van der Waals surface area (Å²) in [6.45, 7) is 11.7. The van der Waals surface area contributed by atoms with Crippen LogP contribution in [0, 0.1) is 0 Å². The number of carbonyl (C=O) groups is 3. The van der Waals surface area contributed by atoms with E-state index in [0.717, 1.165) is 22.9 Å². The van der Waals surface area contributed by atoms with E-state index in [-0.39, 0.29) is 28.4 Å². The highest BCUT2D eigenvalue weighted by Gasteiger charge is 2.35. The number of carbonyl (C=O) groups excluding carboxylic acids is 3. The highest BCUT2D eigenvalue weighted by Crippen LogP contribution is 2.31. The summed E-state index contributed by atoms with van der Waals surface area (Å²) in [6, 6.07) is 24.1. The van der Waals surface area contributed by atoms with Crippen molar-refractivity contribution in [3.05, 3.63) is 150 Å². The fourth-order valence-corrected chi connectivity index (χ4v) is 5.52. The molecule has 0 aromatic heterocycles. The van der Waals surface area contributed by atoms with Gasteiger partial charge in [-0.25, -0.2) is 0 Å². The van der Waals surface area contributed by atoms with Gasteiger partial charge >= 0.3 is 0 Å². The predicted molar refractivity (Wildman–Crippen MR) is 189 cm³/mol. The Morgan fingerprint density at radius 2 is 1.66 bits per heavy atom. The third-order valence-electron chi connectivity index (χ3n) is 6.85. The van der Waals surface area contributed by atoms with Gasteiger partial charge in [0.2, 0.25) is 5.91 Å². The van der Waals surface area contributed by atoms with Crippen LogP contribution < -0.4 is 14.8 Å². The van der Waals surface area contributed by atoms with Crippen molar-refractivity contribution in [3.63, 3.8) is 0 Å². The number of nitrogens with zero attached hydrogens (tertiary/aromatic N) is 2. The maximum absolute atomic E-state index is 14.0. The van der Waals surface area contributed by atoms with Crippen LogP contribution in [0.1, 0.15) is 36.6 Å². The van der Waals surface area contributed by atoms with E-state index in [1.807, 2.05) is 67.6 Å². The van der Waals surface area contributed by atoms with Gasteiger partial charge in [-0.05, 0) is 54.8 Å². The van der Waals surface area contributed by atoms with Crippen LogP contribution in [0.2, 0.25) is 0 Å². The Hall–Kier alpha value is -5.41. The highest BCUT2D eigenvalue weighted by molar-refractivity contribution is 8.14. The van der Waals surface area contributed by atoms with Crippen molar-refractivity contribution in [1.29, 1.82) is 0 Å². The minimum absolute atomic E-state index is 0.0861. The Balaban J connectivity index is 1.63. The summed E-state index contributed by atoms with van der Waals surface area (Å²) < 4.78 is 11.4. The monoisotopic (exact) mass is 647 g/mol. The number of amidine groups is 1. The largest absolute Gasteiger partial charge is 0.490 e. The lowest BCUT2D eigenvalue weighted by Gasteiger charge is -2.28. The van der Waals surface area contributed by atoms with Gasteiger partial charge in [-0.3, -0.25) is 19.3 Å². The summed E-state index contributed by atoms with van der Waals surface area (Å²) >= 11 is 1.01. The summed E-state index contributed by atoms with van der Waals surface area (Å²) in [4.78, 5) is 46.3. The molecule has 8 nitrogen and oxygen atoms in total. The molecule has 1 aliphatic heterocycles. The molecule has 3 aromatic carbocycles. The lowest BCUT2D eigenvalue weighted by Crippen LogP contribution is -2.42. The summed E-state index contributed by atoms with van der Waals surface area (Å²) in [5.74, 6) is -0.687. The Kier molecular flexibility index (Phi) is 12.7. The quantitative estimate of drug-likeness (QED) is 0.0873. The molecule has 0 saturated carbocycles. The Morgan fingerprint density at radius 1 is 0.979 bits per heavy atom. The average Bonchev–Trinajstić information content (AvgIpc) is 3.09. The van der Waals surface area contributed by atoms with Gasteiger partial charge in [0, 0.05) is 5.70 Å². The van der Waals surface area contributed by atoms with E-state index in [1.165, 1.54) is 11.0 Å². The zero-order valence-electron chi connectivity index (χ0n) is 26.4. The number of amides is 3. The predicted octanol–water partition coefficient (Wildman–Crippen LogP) is 7.04. The Morgan fingerprint density at radius 3 is 2.26 bits per heavy atom. The maximum Gasteiger partial charge on any atom is 0.285 e. The molecule has 47 heavy (non-hydrogen) atoms. The van der Waals surface area contributed by atoms with Gasteiger partial charge < -0.3 is 14.8 Å². The molecule has 0 aliphatic carbocycles. The van der Waals surface area contributed by atoms with Gasteiger partial charge in [0.25, 0.3) is 11.8 Å². The Labute approximate surface area is 279 Å². The molecule has 0 atom stereocenters. The van der Waals surface area contributed by atoms with Gasteiger partial charge in [0.05, 0.1) is 18.4 Å². The van der Waals surface area contributed by atoms with Gasteiger partial charge in [-0.1, -0.05) is 116 Å². The van der Waals surface area contributed by atoms with Crippen LogP contribution in [0.5, 0.6) is 11.5 Å². The van der Waals surface area contributed by atoms with E-state index >= 15 is 0 Å². The van der Waals surface area contributed by atoms with E-state index in [4.69, 9.17) is 9.47 Å². The van der Waals surface area contributed by atoms with Crippen LogP contribution in [0.15, 0.2) is 139 Å². The number of rotatable bonds is 14. The first-order valence-electron chi connectivity index (χ1n) is 15.1. The zero-order valence-corrected chi connectivity index (χ0v) is 27.2. The number of hydrogen-bond donors (Lipinski definition) is 1. The number of nitrogens with one attached hydrogen (secondary N) is 1. The van der Waals surface area contributed by atoms with Crippen molar-refractivity contribution in [2.24, 2.45) is 4.99 Å². The topological polar surface area (TPSA) is 97.3 Å². The van der Waals surface area contributed by atoms with Crippen LogP contribution in [0.4, 0.5) is 0 Å². The fraction of sp³-hybridized carbons (Fsp3) is 0.158. The number of ether oxygens (including phenoxy) is 2. The van der Waals surface area contributed by atoms with Crippen molar-refractivity contribution >= 4 is 40.7 Å². The second-order valence-corrected chi connectivity index (χ2v) is 11.0. The zero-order chi connectivity index (χ0) is 33.6. The van der Waals surface area contributed by atoms with Crippen molar-refractivity contribution < 1.29 is 23.9 Å². The normalized spacial score (nSPS) is 14.4. The molecule has 0 fully saturated rings. The molecule has 1 N–H and O–H groups in total. The van der Waals surface area contributed by atoms with E-state index < -0.39 is 11.8 Å². The van der Waals surface area contributed by atoms with Crippen molar-refractivity contribution in [1.82, 2.24) is 10.2 Å². The molecule has 0 bridgehead atoms.